The van der Waals surface area contributed by atoms with Gasteiger partial charge in [-0.15, -0.1) is 0 Å². The second kappa shape index (κ2) is 7.48. The Labute approximate surface area is 140 Å². The number of amides is 1. The predicted octanol–water partition coefficient (Wildman–Crippen LogP) is 3.29. The first-order valence-corrected chi connectivity index (χ1v) is 9.28. The third kappa shape index (κ3) is 4.14. The molecule has 1 saturated carbocycles. The van der Waals surface area contributed by atoms with Crippen molar-refractivity contribution >= 4 is 5.91 Å². The maximum absolute atomic E-state index is 12.6. The molecule has 1 aromatic carbocycles. The molecular weight excluding hydrogens is 284 g/mol. The van der Waals surface area contributed by atoms with E-state index in [2.05, 4.69) is 47.9 Å². The summed E-state index contributed by atoms with van der Waals surface area (Å²) in [6.07, 6.45) is 7.76. The molecule has 1 aliphatic carbocycles. The number of hydrogen-bond donors (Lipinski definition) is 2. The molecule has 1 heterocycles. The standard InChI is InChI=1S/C20H30N2O/c1-2-6-17(10-9-16-7-4-3-5-8-16)22-19(23)18-15-20(18)11-13-21-14-12-20/h3-5,7-8,17-18,21H,2,6,9-15H2,1H3,(H,22,23)/t17-,18-/m0/s1. The Kier molecular flexibility index (Phi) is 5.37. The van der Waals surface area contributed by atoms with Gasteiger partial charge in [-0.3, -0.25) is 4.79 Å². The Morgan fingerprint density at radius 1 is 1.26 bits per heavy atom. The van der Waals surface area contributed by atoms with Crippen molar-refractivity contribution in [3.8, 4) is 0 Å². The van der Waals surface area contributed by atoms with E-state index >= 15 is 0 Å². The van der Waals surface area contributed by atoms with Crippen molar-refractivity contribution in [1.29, 1.82) is 0 Å². The summed E-state index contributed by atoms with van der Waals surface area (Å²) in [6.45, 7) is 4.36. The second-order valence-electron chi connectivity index (χ2n) is 7.39. The summed E-state index contributed by atoms with van der Waals surface area (Å²) in [5.41, 5.74) is 1.70. The van der Waals surface area contributed by atoms with Crippen LogP contribution >= 0.6 is 0 Å². The van der Waals surface area contributed by atoms with Crippen molar-refractivity contribution in [1.82, 2.24) is 10.6 Å². The topological polar surface area (TPSA) is 41.1 Å². The molecule has 1 aliphatic heterocycles. The Morgan fingerprint density at radius 2 is 2.00 bits per heavy atom. The van der Waals surface area contributed by atoms with E-state index in [4.69, 9.17) is 0 Å². The van der Waals surface area contributed by atoms with E-state index in [-0.39, 0.29) is 5.92 Å². The van der Waals surface area contributed by atoms with E-state index in [0.29, 0.717) is 17.4 Å². The number of benzene rings is 1. The van der Waals surface area contributed by atoms with Crippen LogP contribution in [0.15, 0.2) is 30.3 Å². The van der Waals surface area contributed by atoms with Crippen LogP contribution in [-0.4, -0.2) is 25.0 Å². The zero-order valence-corrected chi connectivity index (χ0v) is 14.3. The molecule has 2 aliphatic rings. The zero-order valence-electron chi connectivity index (χ0n) is 14.3. The summed E-state index contributed by atoms with van der Waals surface area (Å²) in [6, 6.07) is 10.9. The van der Waals surface area contributed by atoms with Crippen LogP contribution < -0.4 is 10.6 Å². The van der Waals surface area contributed by atoms with Crippen LogP contribution in [0, 0.1) is 11.3 Å². The first-order chi connectivity index (χ1) is 11.2. The Morgan fingerprint density at radius 3 is 2.70 bits per heavy atom. The third-order valence-corrected chi connectivity index (χ3v) is 5.71. The Balaban J connectivity index is 1.50. The molecule has 2 N–H and O–H groups in total. The van der Waals surface area contributed by atoms with Gasteiger partial charge in [0.15, 0.2) is 0 Å². The van der Waals surface area contributed by atoms with E-state index in [1.54, 1.807) is 0 Å². The molecule has 0 unspecified atom stereocenters. The SMILES string of the molecule is CCC[C@@H](CCc1ccccc1)NC(=O)[C@@H]1CC12CCNCC2. The summed E-state index contributed by atoms with van der Waals surface area (Å²) in [7, 11) is 0. The lowest BCUT2D eigenvalue weighted by atomic mass is 9.91. The molecule has 2 atom stereocenters. The number of rotatable bonds is 7. The highest BCUT2D eigenvalue weighted by Crippen LogP contribution is 2.58. The number of carbonyl (C=O) groups excluding carboxylic acids is 1. The molecule has 0 aromatic heterocycles. The van der Waals surface area contributed by atoms with Crippen molar-refractivity contribution in [2.45, 2.75) is 57.9 Å². The van der Waals surface area contributed by atoms with E-state index in [0.717, 1.165) is 45.2 Å². The highest BCUT2D eigenvalue weighted by atomic mass is 16.2. The molecule has 2 fully saturated rings. The highest BCUT2D eigenvalue weighted by molar-refractivity contribution is 5.82. The molecule has 1 spiro atoms. The van der Waals surface area contributed by atoms with Crippen molar-refractivity contribution in [3.05, 3.63) is 35.9 Å². The number of hydrogen-bond acceptors (Lipinski definition) is 2. The molecule has 1 aromatic rings. The van der Waals surface area contributed by atoms with Crippen molar-refractivity contribution in [2.75, 3.05) is 13.1 Å². The van der Waals surface area contributed by atoms with Crippen LogP contribution in [0.5, 0.6) is 0 Å². The van der Waals surface area contributed by atoms with E-state index < -0.39 is 0 Å². The van der Waals surface area contributed by atoms with Gasteiger partial charge in [-0.1, -0.05) is 43.7 Å². The minimum atomic E-state index is 0.278. The van der Waals surface area contributed by atoms with Crippen LogP contribution in [0.2, 0.25) is 0 Å². The van der Waals surface area contributed by atoms with Crippen molar-refractivity contribution < 1.29 is 4.79 Å². The molecule has 1 saturated heterocycles. The monoisotopic (exact) mass is 314 g/mol. The van der Waals surface area contributed by atoms with Gasteiger partial charge in [0.05, 0.1) is 0 Å². The minimum absolute atomic E-state index is 0.278. The average Bonchev–Trinajstić information content (AvgIpc) is 3.27. The smallest absolute Gasteiger partial charge is 0.223 e. The number of piperidine rings is 1. The molecule has 1 amide bonds. The highest BCUT2D eigenvalue weighted by Gasteiger charge is 2.57. The van der Waals surface area contributed by atoms with Crippen LogP contribution in [0.25, 0.3) is 0 Å². The summed E-state index contributed by atoms with van der Waals surface area (Å²) >= 11 is 0. The molecule has 3 rings (SSSR count). The molecule has 0 bridgehead atoms. The van der Waals surface area contributed by atoms with E-state index in [1.165, 1.54) is 18.4 Å². The molecule has 23 heavy (non-hydrogen) atoms. The lowest BCUT2D eigenvalue weighted by Crippen LogP contribution is -2.39. The largest absolute Gasteiger partial charge is 0.353 e. The Hall–Kier alpha value is -1.35. The lowest BCUT2D eigenvalue weighted by molar-refractivity contribution is -0.124. The molecule has 3 heteroatoms. The summed E-state index contributed by atoms with van der Waals surface area (Å²) in [4.78, 5) is 12.6. The van der Waals surface area contributed by atoms with Gasteiger partial charge in [-0.2, -0.15) is 0 Å². The van der Waals surface area contributed by atoms with Gasteiger partial charge < -0.3 is 10.6 Å². The maximum Gasteiger partial charge on any atom is 0.223 e. The molecule has 3 nitrogen and oxygen atoms in total. The Bertz CT molecular complexity index is 508. The van der Waals surface area contributed by atoms with Gasteiger partial charge in [0.1, 0.15) is 0 Å². The summed E-state index contributed by atoms with van der Waals surface area (Å²) in [5, 5.41) is 6.77. The minimum Gasteiger partial charge on any atom is -0.353 e. The summed E-state index contributed by atoms with van der Waals surface area (Å²) < 4.78 is 0. The lowest BCUT2D eigenvalue weighted by Gasteiger charge is -2.24. The van der Waals surface area contributed by atoms with Gasteiger partial charge in [-0.25, -0.2) is 0 Å². The van der Waals surface area contributed by atoms with E-state index in [9.17, 15) is 4.79 Å². The quantitative estimate of drug-likeness (QED) is 0.811. The number of nitrogens with one attached hydrogen (secondary N) is 2. The van der Waals surface area contributed by atoms with Gasteiger partial charge in [-0.05, 0) is 62.6 Å². The second-order valence-corrected chi connectivity index (χ2v) is 7.39. The fourth-order valence-electron chi connectivity index (χ4n) is 4.12. The van der Waals surface area contributed by atoms with Gasteiger partial charge in [0.2, 0.25) is 5.91 Å². The van der Waals surface area contributed by atoms with Crippen LogP contribution in [-0.2, 0) is 11.2 Å². The molecule has 0 radical (unpaired) electrons. The van der Waals surface area contributed by atoms with Crippen LogP contribution in [0.1, 0.15) is 51.0 Å². The number of carbonyl (C=O) groups is 1. The number of aryl methyl sites for hydroxylation is 1. The predicted molar refractivity (Wildman–Crippen MR) is 94.2 cm³/mol. The summed E-state index contributed by atoms with van der Waals surface area (Å²) in [5.74, 6) is 0.596. The average molecular weight is 314 g/mol. The first-order valence-electron chi connectivity index (χ1n) is 9.28. The maximum atomic E-state index is 12.6. The van der Waals surface area contributed by atoms with Crippen LogP contribution in [0.4, 0.5) is 0 Å². The van der Waals surface area contributed by atoms with Gasteiger partial charge in [0.25, 0.3) is 0 Å². The molecule has 126 valence electrons. The fraction of sp³-hybridized carbons (Fsp3) is 0.650. The van der Waals surface area contributed by atoms with Crippen molar-refractivity contribution in [3.63, 3.8) is 0 Å². The molecular formula is C20H30N2O. The fourth-order valence-corrected chi connectivity index (χ4v) is 4.12. The van der Waals surface area contributed by atoms with Gasteiger partial charge in [0, 0.05) is 12.0 Å². The van der Waals surface area contributed by atoms with E-state index in [1.807, 2.05) is 0 Å². The zero-order chi connectivity index (χ0) is 16.1. The normalized spacial score (nSPS) is 23.4. The first kappa shape index (κ1) is 16.5. The van der Waals surface area contributed by atoms with Gasteiger partial charge >= 0.3 is 0 Å². The van der Waals surface area contributed by atoms with Crippen molar-refractivity contribution in [2.24, 2.45) is 11.3 Å². The third-order valence-electron chi connectivity index (χ3n) is 5.71. The van der Waals surface area contributed by atoms with Crippen LogP contribution in [0.3, 0.4) is 0 Å².